The van der Waals surface area contributed by atoms with Crippen molar-refractivity contribution in [2.24, 2.45) is 29.1 Å². The van der Waals surface area contributed by atoms with Crippen molar-refractivity contribution in [3.05, 3.63) is 23.3 Å². The van der Waals surface area contributed by atoms with Crippen LogP contribution in [0.1, 0.15) is 40.5 Å². The molecule has 4 aliphatic rings. The zero-order valence-corrected chi connectivity index (χ0v) is 21.2. The van der Waals surface area contributed by atoms with E-state index < -0.39 is 72.7 Å². The molecule has 204 valence electrons. The van der Waals surface area contributed by atoms with Gasteiger partial charge in [0.1, 0.15) is 30.0 Å². The van der Waals surface area contributed by atoms with Crippen LogP contribution in [0, 0.1) is 29.1 Å². The van der Waals surface area contributed by atoms with E-state index in [1.54, 1.807) is 19.9 Å². The highest BCUT2D eigenvalue weighted by Gasteiger charge is 2.59. The number of allylic oxidation sites excluding steroid dienone is 1. The van der Waals surface area contributed by atoms with E-state index in [4.69, 9.17) is 9.47 Å². The minimum Gasteiger partial charge on any atom is -0.394 e. The summed E-state index contributed by atoms with van der Waals surface area (Å²) < 4.78 is 11.0. The minimum absolute atomic E-state index is 0.0685. The lowest BCUT2D eigenvalue weighted by Crippen LogP contribution is -2.59. The van der Waals surface area contributed by atoms with Crippen LogP contribution in [0.25, 0.3) is 0 Å². The summed E-state index contributed by atoms with van der Waals surface area (Å²) in [5.41, 5.74) is -1.01. The summed E-state index contributed by atoms with van der Waals surface area (Å²) in [6, 6.07) is 0. The Balaban J connectivity index is 1.57. The Morgan fingerprint density at radius 3 is 2.31 bits per heavy atom. The lowest BCUT2D eigenvalue weighted by molar-refractivity contribution is -0.304. The molecule has 12 atom stereocenters. The summed E-state index contributed by atoms with van der Waals surface area (Å²) in [5, 5.41) is 73.2. The van der Waals surface area contributed by atoms with Crippen molar-refractivity contribution in [2.75, 3.05) is 13.2 Å². The Morgan fingerprint density at radius 1 is 1.00 bits per heavy atom. The van der Waals surface area contributed by atoms with Crippen molar-refractivity contribution in [1.29, 1.82) is 0 Å². The van der Waals surface area contributed by atoms with E-state index in [0.29, 0.717) is 17.6 Å². The molecule has 10 nitrogen and oxygen atoms in total. The number of Topliss-reactive ketones (excluding diaryl/α,β-unsaturated/α-hetero) is 1. The molecule has 3 unspecified atom stereocenters. The first-order valence-corrected chi connectivity index (χ1v) is 12.7. The second-order valence-corrected chi connectivity index (χ2v) is 11.7. The minimum atomic E-state index is -1.93. The number of fused-ring (bicyclic) bond motifs is 2. The van der Waals surface area contributed by atoms with Gasteiger partial charge in [-0.05, 0) is 55.1 Å². The highest BCUT2D eigenvalue weighted by atomic mass is 16.7. The molecule has 7 N–H and O–H groups in total. The summed E-state index contributed by atoms with van der Waals surface area (Å²) in [6.07, 6.45) is -5.41. The van der Waals surface area contributed by atoms with Crippen LogP contribution in [0.5, 0.6) is 0 Å². The molecular weight excluding hydrogens is 472 g/mol. The van der Waals surface area contributed by atoms with Crippen LogP contribution in [-0.2, 0) is 14.3 Å². The molecule has 2 saturated carbocycles. The van der Waals surface area contributed by atoms with Crippen LogP contribution in [0.2, 0.25) is 0 Å². The molecule has 0 amide bonds. The number of ether oxygens (including phenoxy) is 2. The van der Waals surface area contributed by atoms with E-state index in [9.17, 15) is 40.5 Å². The van der Waals surface area contributed by atoms with E-state index in [0.717, 1.165) is 0 Å². The second kappa shape index (κ2) is 9.83. The fourth-order valence-electron chi connectivity index (χ4n) is 6.37. The highest BCUT2D eigenvalue weighted by molar-refractivity contribution is 6.02. The number of carbonyl (C=O) groups excluding carboxylic acids is 1. The van der Waals surface area contributed by atoms with Crippen molar-refractivity contribution in [3.8, 4) is 0 Å². The number of rotatable bonds is 4. The molecule has 1 saturated heterocycles. The van der Waals surface area contributed by atoms with Crippen molar-refractivity contribution in [2.45, 2.75) is 89.1 Å². The third-order valence-electron chi connectivity index (χ3n) is 9.06. The maximum Gasteiger partial charge on any atom is 0.190 e. The molecule has 0 aromatic rings. The van der Waals surface area contributed by atoms with E-state index in [1.807, 2.05) is 6.08 Å². The molecule has 3 fully saturated rings. The van der Waals surface area contributed by atoms with Gasteiger partial charge in [-0.2, -0.15) is 0 Å². The summed E-state index contributed by atoms with van der Waals surface area (Å²) in [4.78, 5) is 13.5. The van der Waals surface area contributed by atoms with E-state index in [-0.39, 0.29) is 30.3 Å². The Kier molecular flexibility index (Phi) is 7.60. The smallest absolute Gasteiger partial charge is 0.190 e. The highest BCUT2D eigenvalue weighted by Crippen LogP contribution is 2.62. The van der Waals surface area contributed by atoms with Gasteiger partial charge in [0, 0.05) is 11.8 Å². The Hall–Kier alpha value is -1.21. The van der Waals surface area contributed by atoms with E-state index in [1.165, 1.54) is 0 Å². The average molecular weight is 513 g/mol. The molecule has 0 aromatic heterocycles. The van der Waals surface area contributed by atoms with Gasteiger partial charge in [-0.3, -0.25) is 4.79 Å². The van der Waals surface area contributed by atoms with Gasteiger partial charge >= 0.3 is 0 Å². The second-order valence-electron chi connectivity index (χ2n) is 11.7. The Morgan fingerprint density at radius 2 is 1.67 bits per heavy atom. The molecule has 36 heavy (non-hydrogen) atoms. The van der Waals surface area contributed by atoms with Gasteiger partial charge in [-0.15, -0.1) is 0 Å². The van der Waals surface area contributed by atoms with Crippen LogP contribution < -0.4 is 0 Å². The molecule has 0 aromatic carbocycles. The zero-order valence-electron chi connectivity index (χ0n) is 21.2. The SMILES string of the molecule is C/C1=C/C2C(C[C@@H](O)/C(C)=C\C3[C@@H](O)[C@H](CO[C@@H]4O[C@H](CO)[C@@H](O)[C@H](O)[C@H]4O)C[C@]3(O)C1=O)C2(C)C. The first kappa shape index (κ1) is 27.8. The van der Waals surface area contributed by atoms with E-state index in [2.05, 4.69) is 13.8 Å². The van der Waals surface area contributed by atoms with Crippen LogP contribution >= 0.6 is 0 Å². The van der Waals surface area contributed by atoms with Gasteiger partial charge in [-0.25, -0.2) is 0 Å². The number of aliphatic hydroxyl groups is 7. The van der Waals surface area contributed by atoms with Crippen LogP contribution in [-0.4, -0.2) is 103 Å². The molecule has 10 heteroatoms. The van der Waals surface area contributed by atoms with Crippen molar-refractivity contribution >= 4 is 5.78 Å². The molecule has 0 bridgehead atoms. The number of hydrogen-bond donors (Lipinski definition) is 7. The monoisotopic (exact) mass is 512 g/mol. The molecule has 1 heterocycles. The molecular formula is C26H40O10. The first-order chi connectivity index (χ1) is 16.7. The predicted molar refractivity (Wildman–Crippen MR) is 126 cm³/mol. The zero-order chi connectivity index (χ0) is 26.7. The fourth-order valence-corrected chi connectivity index (χ4v) is 6.37. The first-order valence-electron chi connectivity index (χ1n) is 12.7. The van der Waals surface area contributed by atoms with Crippen LogP contribution in [0.3, 0.4) is 0 Å². The largest absolute Gasteiger partial charge is 0.394 e. The number of aliphatic hydroxyl groups excluding tert-OH is 6. The lowest BCUT2D eigenvalue weighted by Gasteiger charge is -2.40. The Labute approximate surface area is 210 Å². The van der Waals surface area contributed by atoms with Gasteiger partial charge in [0.25, 0.3) is 0 Å². The summed E-state index contributed by atoms with van der Waals surface area (Å²) in [6.45, 7) is 6.74. The summed E-state index contributed by atoms with van der Waals surface area (Å²) >= 11 is 0. The van der Waals surface area contributed by atoms with Gasteiger partial charge < -0.3 is 45.2 Å². The predicted octanol–water partition coefficient (Wildman–Crippen LogP) is -0.970. The van der Waals surface area contributed by atoms with E-state index >= 15 is 0 Å². The Bertz CT molecular complexity index is 912. The van der Waals surface area contributed by atoms with Crippen LogP contribution in [0.4, 0.5) is 0 Å². The molecule has 0 spiro atoms. The molecule has 1 aliphatic heterocycles. The normalized spacial score (nSPS) is 51.8. The van der Waals surface area contributed by atoms with Gasteiger partial charge in [0.05, 0.1) is 25.4 Å². The summed E-state index contributed by atoms with van der Waals surface area (Å²) in [7, 11) is 0. The molecule has 3 aliphatic carbocycles. The quantitative estimate of drug-likeness (QED) is 0.232. The van der Waals surface area contributed by atoms with Gasteiger partial charge in [0.15, 0.2) is 12.1 Å². The molecule has 4 rings (SSSR count). The van der Waals surface area contributed by atoms with Gasteiger partial charge in [0.2, 0.25) is 0 Å². The standard InChI is InChI=1S/C26H40O10/c1-11-5-16-19(29)13(10-35-24-22(32)21(31)20(30)18(9-27)36-24)8-26(16,34)23(33)12(2)6-14-15(7-17(11)28)25(14,3)4/h5-6,13-22,24,27-32,34H,7-10H2,1-4H3/b11-5-,12-6-/t13-,14?,15?,16?,17+,18+,19-,20+,21-,22+,24+,26+/m0/s1. The van der Waals surface area contributed by atoms with Crippen molar-refractivity contribution in [3.63, 3.8) is 0 Å². The topological polar surface area (TPSA) is 177 Å². The maximum absolute atomic E-state index is 13.5. The lowest BCUT2D eigenvalue weighted by atomic mass is 9.81. The average Bonchev–Trinajstić information content (AvgIpc) is 3.23. The number of ketones is 1. The third-order valence-corrected chi connectivity index (χ3v) is 9.06. The summed E-state index contributed by atoms with van der Waals surface area (Å²) in [5.74, 6) is -1.91. The third kappa shape index (κ3) is 4.61. The van der Waals surface area contributed by atoms with Gasteiger partial charge in [-0.1, -0.05) is 26.0 Å². The molecule has 0 radical (unpaired) electrons. The number of carbonyl (C=O) groups is 1. The fraction of sp³-hybridized carbons (Fsp3) is 0.808. The maximum atomic E-state index is 13.5. The van der Waals surface area contributed by atoms with Crippen molar-refractivity contribution in [1.82, 2.24) is 0 Å². The number of hydrogen-bond acceptors (Lipinski definition) is 10. The van der Waals surface area contributed by atoms with Crippen LogP contribution in [0.15, 0.2) is 23.3 Å². The van der Waals surface area contributed by atoms with Crippen molar-refractivity contribution < 1.29 is 50.0 Å².